The van der Waals surface area contributed by atoms with Gasteiger partial charge < -0.3 is 5.48 Å². The van der Waals surface area contributed by atoms with E-state index in [0.29, 0.717) is 0 Å². The first-order chi connectivity index (χ1) is 1.91. The maximum absolute atomic E-state index is 8.81. The average Bonchev–Trinajstić information content (AvgIpc) is 1.37. The van der Waals surface area contributed by atoms with Crippen molar-refractivity contribution < 1.29 is 44.6 Å². The van der Waals surface area contributed by atoms with Crippen molar-refractivity contribution in [3.63, 3.8) is 0 Å². The summed E-state index contributed by atoms with van der Waals surface area (Å²) in [6.07, 6.45) is 0.389. The molecule has 0 amide bonds. The quantitative estimate of drug-likeness (QED) is 0.192. The third kappa shape index (κ3) is 27.7. The second-order valence-corrected chi connectivity index (χ2v) is 0.272. The molecule has 0 unspecified atom stereocenters. The van der Waals surface area contributed by atoms with Crippen LogP contribution in [0.2, 0.25) is 0 Å². The monoisotopic (exact) mass is 98.0 g/mol. The van der Waals surface area contributed by atoms with Gasteiger partial charge in [-0.3, -0.25) is 9.59 Å². The molecule has 0 atom stereocenters. The molecule has 6 heavy (non-hydrogen) atoms. The van der Waals surface area contributed by atoms with Crippen LogP contribution in [0.3, 0.4) is 0 Å². The topological polar surface area (TPSA) is 64.1 Å². The molecule has 0 fully saturated rings. The Morgan fingerprint density at radius 3 is 1.17 bits per heavy atom. The average molecular weight is 98.0 g/mol. The molecule has 0 spiro atoms. The first-order valence-electron chi connectivity index (χ1n) is 0.805. The summed E-state index contributed by atoms with van der Waals surface area (Å²) >= 11 is 0. The van der Waals surface area contributed by atoms with E-state index < -0.39 is 0 Å². The van der Waals surface area contributed by atoms with Crippen LogP contribution in [-0.4, -0.2) is 18.0 Å². The van der Waals surface area contributed by atoms with Crippen LogP contribution in [0.1, 0.15) is 0 Å². The predicted octanol–water partition coefficient (Wildman–Crippen LogP) is -3.79. The summed E-state index contributed by atoms with van der Waals surface area (Å²) in [7, 11) is 0. The van der Waals surface area contributed by atoms with E-state index >= 15 is 0 Å². The normalized spacial score (nSPS) is 3.33. The minimum Gasteiger partial charge on any atom is -0.870 e. The molecular formula is C2H3NaO3. The molecule has 0 rings (SSSR count). The Morgan fingerprint density at radius 1 is 1.00 bits per heavy atom. The second-order valence-electron chi connectivity index (χ2n) is 0.272. The minimum absolute atomic E-state index is 0. The molecule has 1 N–H and O–H groups in total. The maximum Gasteiger partial charge on any atom is 1.00 e. The molecule has 0 radical (unpaired) electrons. The fourth-order valence-corrected chi connectivity index (χ4v) is 0. The number of carbonyl (C=O) groups is 2. The van der Waals surface area contributed by atoms with Gasteiger partial charge >= 0.3 is 29.6 Å². The molecule has 4 heteroatoms. The standard InChI is InChI=1S/C2H2O2.Na.H2O/c3-1-2-4;;/h1-2H;;1H2/q;+1;/p-1. The largest absolute Gasteiger partial charge is 1.00 e. The van der Waals surface area contributed by atoms with E-state index in [1.54, 1.807) is 0 Å². The van der Waals surface area contributed by atoms with Crippen LogP contribution in [0, 0.1) is 0 Å². The van der Waals surface area contributed by atoms with Crippen LogP contribution in [0.4, 0.5) is 0 Å². The van der Waals surface area contributed by atoms with Crippen LogP contribution in [0.5, 0.6) is 0 Å². The smallest absolute Gasteiger partial charge is 0.870 e. The van der Waals surface area contributed by atoms with E-state index in [9.17, 15) is 0 Å². The number of rotatable bonds is 1. The first kappa shape index (κ1) is 16.3. The molecular weight excluding hydrogens is 95.0 g/mol. The number of hydrogen-bond acceptors (Lipinski definition) is 3. The van der Waals surface area contributed by atoms with Crippen molar-refractivity contribution in [2.24, 2.45) is 0 Å². The van der Waals surface area contributed by atoms with Crippen molar-refractivity contribution in [1.82, 2.24) is 0 Å². The Hall–Kier alpha value is 0.300. The van der Waals surface area contributed by atoms with Crippen LogP contribution >= 0.6 is 0 Å². The van der Waals surface area contributed by atoms with Gasteiger partial charge in [0.1, 0.15) is 0 Å². The molecule has 0 bridgehead atoms. The fraction of sp³-hybridized carbons (Fsp3) is 0. The molecule has 0 aliphatic rings. The number of aldehydes is 2. The fourth-order valence-electron chi connectivity index (χ4n) is 0. The SMILES string of the molecule is O=CC=O.[Na+].[OH-]. The van der Waals surface area contributed by atoms with Gasteiger partial charge in [-0.1, -0.05) is 0 Å². The summed E-state index contributed by atoms with van der Waals surface area (Å²) in [5.41, 5.74) is 0. The van der Waals surface area contributed by atoms with Gasteiger partial charge in [0, 0.05) is 0 Å². The molecule has 0 aliphatic carbocycles. The third-order valence-electron chi connectivity index (χ3n) is 0.0556. The Kier molecular flexibility index (Phi) is 50.2. The zero-order valence-corrected chi connectivity index (χ0v) is 5.42. The van der Waals surface area contributed by atoms with Crippen LogP contribution in [0.25, 0.3) is 0 Å². The van der Waals surface area contributed by atoms with Gasteiger partial charge in [-0.05, 0) is 0 Å². The molecule has 0 saturated heterocycles. The van der Waals surface area contributed by atoms with Crippen molar-refractivity contribution in [2.75, 3.05) is 0 Å². The van der Waals surface area contributed by atoms with Gasteiger partial charge in [-0.15, -0.1) is 0 Å². The molecule has 0 aromatic heterocycles. The van der Waals surface area contributed by atoms with E-state index in [-0.39, 0.29) is 47.6 Å². The van der Waals surface area contributed by atoms with Gasteiger partial charge in [0.2, 0.25) is 0 Å². The van der Waals surface area contributed by atoms with Crippen LogP contribution < -0.4 is 29.6 Å². The molecule has 0 aliphatic heterocycles. The summed E-state index contributed by atoms with van der Waals surface area (Å²) in [5.74, 6) is 0. The zero-order chi connectivity index (χ0) is 3.41. The van der Waals surface area contributed by atoms with E-state index in [0.717, 1.165) is 0 Å². The van der Waals surface area contributed by atoms with Crippen molar-refractivity contribution in [3.8, 4) is 0 Å². The third-order valence-corrected chi connectivity index (χ3v) is 0.0556. The molecule has 0 saturated carbocycles. The Bertz CT molecular complexity index is 29.8. The number of hydrogen-bond donors (Lipinski definition) is 0. The van der Waals surface area contributed by atoms with Gasteiger partial charge in [0.15, 0.2) is 12.6 Å². The Labute approximate surface area is 57.3 Å². The van der Waals surface area contributed by atoms with E-state index in [1.807, 2.05) is 0 Å². The zero-order valence-electron chi connectivity index (χ0n) is 3.42. The van der Waals surface area contributed by atoms with Gasteiger partial charge in [0.25, 0.3) is 0 Å². The van der Waals surface area contributed by atoms with E-state index in [2.05, 4.69) is 0 Å². The van der Waals surface area contributed by atoms with Crippen molar-refractivity contribution >= 4 is 12.6 Å². The van der Waals surface area contributed by atoms with E-state index in [4.69, 9.17) is 9.59 Å². The summed E-state index contributed by atoms with van der Waals surface area (Å²) in [6.45, 7) is 0. The second kappa shape index (κ2) is 18.5. The van der Waals surface area contributed by atoms with Gasteiger partial charge in [-0.2, -0.15) is 0 Å². The molecule has 0 heterocycles. The Morgan fingerprint density at radius 2 is 1.17 bits per heavy atom. The summed E-state index contributed by atoms with van der Waals surface area (Å²) in [6, 6.07) is 0. The predicted molar refractivity (Wildman–Crippen MR) is 14.1 cm³/mol. The molecule has 3 nitrogen and oxygen atoms in total. The first-order valence-corrected chi connectivity index (χ1v) is 0.805. The molecule has 0 aromatic rings. The molecule has 0 aromatic carbocycles. The van der Waals surface area contributed by atoms with E-state index in [1.165, 1.54) is 0 Å². The van der Waals surface area contributed by atoms with Gasteiger partial charge in [0.05, 0.1) is 0 Å². The minimum atomic E-state index is 0. The van der Waals surface area contributed by atoms with Crippen molar-refractivity contribution in [3.05, 3.63) is 0 Å². The summed E-state index contributed by atoms with van der Waals surface area (Å²) in [5, 5.41) is 0. The summed E-state index contributed by atoms with van der Waals surface area (Å²) in [4.78, 5) is 17.6. The van der Waals surface area contributed by atoms with Crippen LogP contribution in [0.15, 0.2) is 0 Å². The maximum atomic E-state index is 8.81. The molecule has 30 valence electrons. The van der Waals surface area contributed by atoms with Gasteiger partial charge in [-0.25, -0.2) is 0 Å². The van der Waals surface area contributed by atoms with Crippen molar-refractivity contribution in [2.45, 2.75) is 0 Å². The van der Waals surface area contributed by atoms with Crippen LogP contribution in [-0.2, 0) is 9.59 Å². The number of carbonyl (C=O) groups excluding carboxylic acids is 2. The van der Waals surface area contributed by atoms with Crippen molar-refractivity contribution in [1.29, 1.82) is 0 Å². The summed E-state index contributed by atoms with van der Waals surface area (Å²) < 4.78 is 0. The Balaban J connectivity index is -0.0000000450.